The number of carbonyl (C=O) groups is 1. The Morgan fingerprint density at radius 1 is 1.41 bits per heavy atom. The van der Waals surface area contributed by atoms with Gasteiger partial charge in [0.25, 0.3) is 0 Å². The molecule has 0 aliphatic heterocycles. The van der Waals surface area contributed by atoms with Crippen LogP contribution >= 0.6 is 0 Å². The molecule has 0 saturated heterocycles. The normalized spacial score (nSPS) is 10.2. The molecule has 0 atom stereocenters. The number of rotatable bonds is 3. The summed E-state index contributed by atoms with van der Waals surface area (Å²) < 4.78 is 10.3. The molecule has 0 saturated carbocycles. The standard InChI is InChI=1S/C12H11NO4/c1-7-3-4-10(8(2)5-7)17-12-13-9(6-16-12)11(14)15/h3-6H,1-2H3,(H,14,15). The first-order valence-electron chi connectivity index (χ1n) is 5.00. The Morgan fingerprint density at radius 3 is 2.76 bits per heavy atom. The molecule has 0 radical (unpaired) electrons. The van der Waals surface area contributed by atoms with Crippen molar-refractivity contribution in [3.8, 4) is 11.8 Å². The number of oxazole rings is 1. The van der Waals surface area contributed by atoms with Gasteiger partial charge in [-0.05, 0) is 25.5 Å². The van der Waals surface area contributed by atoms with Gasteiger partial charge in [-0.3, -0.25) is 0 Å². The minimum atomic E-state index is -1.15. The zero-order valence-corrected chi connectivity index (χ0v) is 9.43. The Kier molecular flexibility index (Phi) is 2.82. The molecule has 0 aliphatic rings. The number of nitrogens with zero attached hydrogens (tertiary/aromatic N) is 1. The summed E-state index contributed by atoms with van der Waals surface area (Å²) >= 11 is 0. The summed E-state index contributed by atoms with van der Waals surface area (Å²) in [5, 5.41) is 8.68. The summed E-state index contributed by atoms with van der Waals surface area (Å²) in [5.74, 6) is -0.557. The molecule has 0 bridgehead atoms. The number of ether oxygens (including phenoxy) is 1. The predicted octanol–water partition coefficient (Wildman–Crippen LogP) is 2.78. The van der Waals surface area contributed by atoms with E-state index in [-0.39, 0.29) is 11.8 Å². The molecule has 5 heteroatoms. The number of carboxylic acids is 1. The van der Waals surface area contributed by atoms with Crippen LogP contribution in [0.5, 0.6) is 11.8 Å². The zero-order valence-electron chi connectivity index (χ0n) is 9.43. The molecule has 1 heterocycles. The van der Waals surface area contributed by atoms with Crippen LogP contribution in [-0.4, -0.2) is 16.1 Å². The van der Waals surface area contributed by atoms with Crippen LogP contribution in [0.15, 0.2) is 28.9 Å². The van der Waals surface area contributed by atoms with E-state index in [1.54, 1.807) is 6.07 Å². The monoisotopic (exact) mass is 233 g/mol. The van der Waals surface area contributed by atoms with E-state index in [1.807, 2.05) is 26.0 Å². The molecule has 1 aromatic heterocycles. The average molecular weight is 233 g/mol. The summed E-state index contributed by atoms with van der Waals surface area (Å²) in [6.45, 7) is 3.87. The van der Waals surface area contributed by atoms with Crippen molar-refractivity contribution < 1.29 is 19.1 Å². The maximum absolute atomic E-state index is 10.6. The number of hydrogen-bond donors (Lipinski definition) is 1. The Morgan fingerprint density at radius 2 is 2.18 bits per heavy atom. The van der Waals surface area contributed by atoms with Crippen LogP contribution in [0.4, 0.5) is 0 Å². The Balaban J connectivity index is 2.22. The lowest BCUT2D eigenvalue weighted by molar-refractivity contribution is 0.0690. The topological polar surface area (TPSA) is 72.6 Å². The number of aromatic carboxylic acids is 1. The number of hydrogen-bond acceptors (Lipinski definition) is 4. The summed E-state index contributed by atoms with van der Waals surface area (Å²) in [6.07, 6.45) is 0.968. The van der Waals surface area contributed by atoms with Crippen molar-refractivity contribution in [2.75, 3.05) is 0 Å². The molecule has 1 aromatic carbocycles. The van der Waals surface area contributed by atoms with Crippen LogP contribution in [0.25, 0.3) is 0 Å². The molecule has 1 N–H and O–H groups in total. The lowest BCUT2D eigenvalue weighted by Gasteiger charge is -2.04. The third kappa shape index (κ3) is 2.44. The highest BCUT2D eigenvalue weighted by Crippen LogP contribution is 2.25. The van der Waals surface area contributed by atoms with Gasteiger partial charge in [-0.1, -0.05) is 17.7 Å². The van der Waals surface area contributed by atoms with Crippen LogP contribution in [0.2, 0.25) is 0 Å². The highest BCUT2D eigenvalue weighted by atomic mass is 16.6. The van der Waals surface area contributed by atoms with Gasteiger partial charge in [0.05, 0.1) is 0 Å². The van der Waals surface area contributed by atoms with Gasteiger partial charge in [-0.15, -0.1) is 0 Å². The van der Waals surface area contributed by atoms with Crippen LogP contribution < -0.4 is 4.74 Å². The van der Waals surface area contributed by atoms with Crippen molar-refractivity contribution in [2.24, 2.45) is 0 Å². The van der Waals surface area contributed by atoms with Crippen molar-refractivity contribution in [3.63, 3.8) is 0 Å². The van der Waals surface area contributed by atoms with Gasteiger partial charge in [0.2, 0.25) is 0 Å². The molecular formula is C12H11NO4. The lowest BCUT2D eigenvalue weighted by atomic mass is 10.1. The first kappa shape index (κ1) is 11.2. The molecule has 0 aliphatic carbocycles. The maximum atomic E-state index is 10.6. The van der Waals surface area contributed by atoms with Crippen molar-refractivity contribution in [1.29, 1.82) is 0 Å². The zero-order chi connectivity index (χ0) is 12.4. The van der Waals surface area contributed by atoms with Crippen molar-refractivity contribution in [3.05, 3.63) is 41.3 Å². The number of benzene rings is 1. The molecule has 88 valence electrons. The van der Waals surface area contributed by atoms with E-state index in [0.29, 0.717) is 5.75 Å². The number of carboxylic acid groups (broad SMARTS) is 1. The second kappa shape index (κ2) is 4.29. The van der Waals surface area contributed by atoms with E-state index >= 15 is 0 Å². The van der Waals surface area contributed by atoms with Crippen molar-refractivity contribution in [1.82, 2.24) is 4.98 Å². The van der Waals surface area contributed by atoms with Crippen LogP contribution in [0.3, 0.4) is 0 Å². The number of aryl methyl sites for hydroxylation is 2. The Bertz CT molecular complexity index is 559. The summed E-state index contributed by atoms with van der Waals surface area (Å²) in [5.41, 5.74) is 1.87. The molecular weight excluding hydrogens is 222 g/mol. The maximum Gasteiger partial charge on any atom is 0.399 e. The fourth-order valence-electron chi connectivity index (χ4n) is 1.41. The highest BCUT2D eigenvalue weighted by molar-refractivity contribution is 5.84. The van der Waals surface area contributed by atoms with Gasteiger partial charge >= 0.3 is 12.0 Å². The van der Waals surface area contributed by atoms with Crippen molar-refractivity contribution >= 4 is 5.97 Å². The second-order valence-corrected chi connectivity index (χ2v) is 3.67. The molecule has 2 aromatic rings. The Labute approximate surface area is 97.7 Å². The molecule has 5 nitrogen and oxygen atoms in total. The first-order chi connectivity index (χ1) is 8.06. The SMILES string of the molecule is Cc1ccc(Oc2nc(C(=O)O)co2)c(C)c1. The van der Waals surface area contributed by atoms with E-state index in [2.05, 4.69) is 4.98 Å². The predicted molar refractivity (Wildman–Crippen MR) is 59.5 cm³/mol. The molecule has 0 unspecified atom stereocenters. The first-order valence-corrected chi connectivity index (χ1v) is 5.00. The molecule has 2 rings (SSSR count). The smallest absolute Gasteiger partial charge is 0.399 e. The summed E-state index contributed by atoms with van der Waals surface area (Å²) in [6, 6.07) is 5.63. The highest BCUT2D eigenvalue weighted by Gasteiger charge is 2.12. The number of aromatic nitrogens is 1. The third-order valence-corrected chi connectivity index (χ3v) is 2.23. The molecule has 0 fully saturated rings. The average Bonchev–Trinajstić information content (AvgIpc) is 2.71. The fraction of sp³-hybridized carbons (Fsp3) is 0.167. The van der Waals surface area contributed by atoms with Gasteiger partial charge in [0, 0.05) is 0 Å². The van der Waals surface area contributed by atoms with E-state index in [1.165, 1.54) is 0 Å². The van der Waals surface area contributed by atoms with Gasteiger partial charge in [0.1, 0.15) is 12.0 Å². The molecule has 17 heavy (non-hydrogen) atoms. The van der Waals surface area contributed by atoms with Gasteiger partial charge in [0.15, 0.2) is 5.69 Å². The molecule has 0 spiro atoms. The van der Waals surface area contributed by atoms with E-state index in [9.17, 15) is 4.79 Å². The van der Waals surface area contributed by atoms with Crippen LogP contribution in [0, 0.1) is 13.8 Å². The third-order valence-electron chi connectivity index (χ3n) is 2.23. The minimum absolute atomic E-state index is 0.0747. The summed E-state index contributed by atoms with van der Waals surface area (Å²) in [4.78, 5) is 14.3. The molecule has 0 amide bonds. The quantitative estimate of drug-likeness (QED) is 0.882. The van der Waals surface area contributed by atoms with Gasteiger partial charge in [-0.25, -0.2) is 4.79 Å². The van der Waals surface area contributed by atoms with E-state index < -0.39 is 5.97 Å². The minimum Gasteiger partial charge on any atom is -0.476 e. The van der Waals surface area contributed by atoms with Gasteiger partial charge < -0.3 is 14.3 Å². The fourth-order valence-corrected chi connectivity index (χ4v) is 1.41. The second-order valence-electron chi connectivity index (χ2n) is 3.67. The van der Waals surface area contributed by atoms with Crippen LogP contribution in [0.1, 0.15) is 21.6 Å². The summed E-state index contributed by atoms with van der Waals surface area (Å²) in [7, 11) is 0. The van der Waals surface area contributed by atoms with E-state index in [4.69, 9.17) is 14.3 Å². The lowest BCUT2D eigenvalue weighted by Crippen LogP contribution is -1.96. The van der Waals surface area contributed by atoms with E-state index in [0.717, 1.165) is 17.4 Å². The van der Waals surface area contributed by atoms with Crippen LogP contribution in [-0.2, 0) is 0 Å². The van der Waals surface area contributed by atoms with Gasteiger partial charge in [-0.2, -0.15) is 4.98 Å². The van der Waals surface area contributed by atoms with Crippen molar-refractivity contribution in [2.45, 2.75) is 13.8 Å². The Hall–Kier alpha value is -2.30. The largest absolute Gasteiger partial charge is 0.476 e.